The summed E-state index contributed by atoms with van der Waals surface area (Å²) >= 11 is 0. The third kappa shape index (κ3) is 8.09. The molecule has 1 aromatic heterocycles. The van der Waals surface area contributed by atoms with Crippen LogP contribution in [0.2, 0.25) is 0 Å². The number of aromatic nitrogens is 2. The molecule has 1 aromatic carbocycles. The van der Waals surface area contributed by atoms with Crippen LogP contribution in [-0.4, -0.2) is 67.4 Å². The largest absolute Gasteiger partial charge is 0.383 e. The Labute approximate surface area is 208 Å². The molecule has 0 fully saturated rings. The van der Waals surface area contributed by atoms with Crippen LogP contribution in [0.15, 0.2) is 29.3 Å². The van der Waals surface area contributed by atoms with Gasteiger partial charge in [-0.15, -0.1) is 24.0 Å². The normalized spacial score (nSPS) is 11.1. The van der Waals surface area contributed by atoms with E-state index in [1.54, 1.807) is 26.1 Å². The molecule has 2 aromatic rings. The maximum atomic E-state index is 12.2. The molecule has 0 aliphatic rings. The average Bonchev–Trinajstić information content (AvgIpc) is 3.02. The number of ether oxygens (including phenoxy) is 1. The lowest BCUT2D eigenvalue weighted by Crippen LogP contribution is -2.38. The fourth-order valence-electron chi connectivity index (χ4n) is 3.30. The number of hydrogen-bond acceptors (Lipinski definition) is 4. The lowest BCUT2D eigenvalue weighted by Gasteiger charge is -2.13. The maximum absolute atomic E-state index is 12.2. The van der Waals surface area contributed by atoms with Crippen molar-refractivity contribution in [2.45, 2.75) is 40.3 Å². The topological polar surface area (TPSA) is 83.8 Å². The Morgan fingerprint density at radius 1 is 1.25 bits per heavy atom. The van der Waals surface area contributed by atoms with Gasteiger partial charge in [0.2, 0.25) is 0 Å². The van der Waals surface area contributed by atoms with Gasteiger partial charge in [-0.1, -0.05) is 12.1 Å². The molecule has 2 N–H and O–H groups in total. The zero-order valence-electron chi connectivity index (χ0n) is 20.1. The van der Waals surface area contributed by atoms with E-state index in [1.807, 2.05) is 42.8 Å². The minimum absolute atomic E-state index is 0. The molecular weight excluding hydrogens is 519 g/mol. The van der Waals surface area contributed by atoms with Crippen LogP contribution in [0.3, 0.4) is 0 Å². The number of methoxy groups -OCH3 is 1. The van der Waals surface area contributed by atoms with E-state index in [1.165, 1.54) is 0 Å². The number of rotatable bonds is 10. The first-order valence-corrected chi connectivity index (χ1v) is 10.7. The number of guanidine groups is 1. The summed E-state index contributed by atoms with van der Waals surface area (Å²) in [6.07, 6.45) is 0.798. The van der Waals surface area contributed by atoms with Crippen molar-refractivity contribution in [3.8, 4) is 0 Å². The van der Waals surface area contributed by atoms with Gasteiger partial charge in [0.05, 0.1) is 25.4 Å². The summed E-state index contributed by atoms with van der Waals surface area (Å²) in [7, 11) is 5.22. The van der Waals surface area contributed by atoms with Gasteiger partial charge in [-0.2, -0.15) is 5.10 Å². The second-order valence-corrected chi connectivity index (χ2v) is 7.64. The molecule has 0 unspecified atom stereocenters. The molecule has 0 spiro atoms. The molecule has 1 heterocycles. The summed E-state index contributed by atoms with van der Waals surface area (Å²) in [5.41, 5.74) is 5.08. The van der Waals surface area contributed by atoms with Gasteiger partial charge in [-0.05, 0) is 44.9 Å². The first-order valence-electron chi connectivity index (χ1n) is 10.7. The van der Waals surface area contributed by atoms with Crippen LogP contribution in [0.1, 0.15) is 39.8 Å². The van der Waals surface area contributed by atoms with Crippen LogP contribution in [-0.2, 0) is 24.2 Å². The fraction of sp³-hybridized carbons (Fsp3) is 0.522. The first kappa shape index (κ1) is 27.9. The standard InChI is InChI=1S/C23H36N6O2.HI/c1-7-24-23(26-16-21-17(2)27-29(18(21)3)13-14-31-6)25-12-11-19-9-8-10-20(15-19)22(30)28(4)5;/h8-10,15H,7,11-14,16H2,1-6H3,(H2,24,25,26);1H. The van der Waals surface area contributed by atoms with Crippen molar-refractivity contribution in [2.75, 3.05) is 40.9 Å². The quantitative estimate of drug-likeness (QED) is 0.267. The van der Waals surface area contributed by atoms with Crippen LogP contribution in [0, 0.1) is 13.8 Å². The highest BCUT2D eigenvalue weighted by atomic mass is 127. The molecule has 0 atom stereocenters. The Morgan fingerprint density at radius 2 is 2.00 bits per heavy atom. The molecule has 1 amide bonds. The van der Waals surface area contributed by atoms with E-state index >= 15 is 0 Å². The van der Waals surface area contributed by atoms with E-state index in [-0.39, 0.29) is 29.9 Å². The summed E-state index contributed by atoms with van der Waals surface area (Å²) in [5.74, 6) is 0.785. The van der Waals surface area contributed by atoms with Crippen molar-refractivity contribution in [2.24, 2.45) is 4.99 Å². The highest BCUT2D eigenvalue weighted by Crippen LogP contribution is 2.14. The number of hydrogen-bond donors (Lipinski definition) is 2. The lowest BCUT2D eigenvalue weighted by atomic mass is 10.1. The predicted octanol–water partition coefficient (Wildman–Crippen LogP) is 2.76. The SMILES string of the molecule is CCNC(=NCc1c(C)nn(CCOC)c1C)NCCc1cccc(C(=O)N(C)C)c1.I. The molecule has 0 saturated carbocycles. The Morgan fingerprint density at radius 3 is 2.66 bits per heavy atom. The van der Waals surface area contributed by atoms with E-state index < -0.39 is 0 Å². The molecule has 0 radical (unpaired) electrons. The Balaban J connectivity index is 0.00000512. The second-order valence-electron chi connectivity index (χ2n) is 7.64. The van der Waals surface area contributed by atoms with Crippen LogP contribution in [0.25, 0.3) is 0 Å². The maximum Gasteiger partial charge on any atom is 0.253 e. The number of aliphatic imine (C=N–C) groups is 1. The van der Waals surface area contributed by atoms with E-state index in [2.05, 4.69) is 22.7 Å². The minimum atomic E-state index is 0. The molecule has 0 saturated heterocycles. The number of halogens is 1. The summed E-state index contributed by atoms with van der Waals surface area (Å²) in [5, 5.41) is 11.3. The Kier molecular flexibility index (Phi) is 12.3. The van der Waals surface area contributed by atoms with Crippen molar-refractivity contribution in [3.63, 3.8) is 0 Å². The molecule has 0 bridgehead atoms. The molecular formula is C23H37IN6O2. The van der Waals surface area contributed by atoms with E-state index in [0.29, 0.717) is 18.7 Å². The molecule has 0 aliphatic carbocycles. The van der Waals surface area contributed by atoms with Gasteiger partial charge in [0.25, 0.3) is 5.91 Å². The van der Waals surface area contributed by atoms with Crippen LogP contribution in [0.4, 0.5) is 0 Å². The minimum Gasteiger partial charge on any atom is -0.383 e. The number of aryl methyl sites for hydroxylation is 1. The number of carbonyl (C=O) groups excluding carboxylic acids is 1. The number of amides is 1. The van der Waals surface area contributed by atoms with Gasteiger partial charge in [0.15, 0.2) is 5.96 Å². The molecule has 9 heteroatoms. The van der Waals surface area contributed by atoms with Crippen molar-refractivity contribution >= 4 is 35.8 Å². The first-order chi connectivity index (χ1) is 14.9. The molecule has 2 rings (SSSR count). The van der Waals surface area contributed by atoms with Gasteiger partial charge >= 0.3 is 0 Å². The van der Waals surface area contributed by atoms with Crippen LogP contribution < -0.4 is 10.6 Å². The van der Waals surface area contributed by atoms with Crippen molar-refractivity contribution in [3.05, 3.63) is 52.3 Å². The van der Waals surface area contributed by atoms with E-state index in [9.17, 15) is 4.79 Å². The third-order valence-corrected chi connectivity index (χ3v) is 5.06. The summed E-state index contributed by atoms with van der Waals surface area (Å²) in [6.45, 7) is 9.57. The lowest BCUT2D eigenvalue weighted by molar-refractivity contribution is 0.0827. The number of carbonyl (C=O) groups is 1. The summed E-state index contributed by atoms with van der Waals surface area (Å²) < 4.78 is 7.14. The monoisotopic (exact) mass is 556 g/mol. The van der Waals surface area contributed by atoms with Gasteiger partial charge < -0.3 is 20.3 Å². The highest BCUT2D eigenvalue weighted by molar-refractivity contribution is 14.0. The van der Waals surface area contributed by atoms with Crippen molar-refractivity contribution in [1.29, 1.82) is 0 Å². The van der Waals surface area contributed by atoms with Crippen LogP contribution in [0.5, 0.6) is 0 Å². The van der Waals surface area contributed by atoms with Crippen LogP contribution >= 0.6 is 24.0 Å². The van der Waals surface area contributed by atoms with Gasteiger partial charge in [-0.25, -0.2) is 4.99 Å². The average molecular weight is 556 g/mol. The number of benzene rings is 1. The second kappa shape index (κ2) is 14.1. The molecule has 0 aliphatic heterocycles. The zero-order valence-corrected chi connectivity index (χ0v) is 22.4. The number of nitrogens with zero attached hydrogens (tertiary/aromatic N) is 4. The predicted molar refractivity (Wildman–Crippen MR) is 140 cm³/mol. The highest BCUT2D eigenvalue weighted by Gasteiger charge is 2.11. The smallest absolute Gasteiger partial charge is 0.253 e. The van der Waals surface area contributed by atoms with Gasteiger partial charge in [0, 0.05) is 51.1 Å². The summed E-state index contributed by atoms with van der Waals surface area (Å²) in [6, 6.07) is 7.77. The van der Waals surface area contributed by atoms with E-state index in [4.69, 9.17) is 9.73 Å². The van der Waals surface area contributed by atoms with Gasteiger partial charge in [-0.3, -0.25) is 9.48 Å². The molecule has 8 nitrogen and oxygen atoms in total. The molecule has 32 heavy (non-hydrogen) atoms. The van der Waals surface area contributed by atoms with Gasteiger partial charge in [0.1, 0.15) is 0 Å². The number of nitrogens with one attached hydrogen (secondary N) is 2. The molecule has 178 valence electrons. The Hall–Kier alpha value is -2.14. The zero-order chi connectivity index (χ0) is 22.8. The van der Waals surface area contributed by atoms with Crippen molar-refractivity contribution in [1.82, 2.24) is 25.3 Å². The third-order valence-electron chi connectivity index (χ3n) is 5.06. The van der Waals surface area contributed by atoms with Crippen molar-refractivity contribution < 1.29 is 9.53 Å². The Bertz CT molecular complexity index is 895. The fourth-order valence-corrected chi connectivity index (χ4v) is 3.30. The van der Waals surface area contributed by atoms with E-state index in [0.717, 1.165) is 54.5 Å². The summed E-state index contributed by atoms with van der Waals surface area (Å²) in [4.78, 5) is 18.5.